The molecule has 0 aliphatic rings. The second-order valence-electron chi connectivity index (χ2n) is 3.17. The molecule has 0 unspecified atom stereocenters. The Balaban J connectivity index is 2.49. The molecule has 0 amide bonds. The van der Waals surface area contributed by atoms with E-state index < -0.39 is 5.97 Å². The van der Waals surface area contributed by atoms with Crippen molar-refractivity contribution in [3.05, 3.63) is 41.7 Å². The highest BCUT2D eigenvalue weighted by atomic mass is 16.4. The summed E-state index contributed by atoms with van der Waals surface area (Å²) in [7, 11) is 0. The van der Waals surface area contributed by atoms with Gasteiger partial charge in [-0.15, -0.1) is 5.10 Å². The molecule has 15 heavy (non-hydrogen) atoms. The lowest BCUT2D eigenvalue weighted by Crippen LogP contribution is -2.07. The van der Waals surface area contributed by atoms with Crippen LogP contribution in [0.4, 0.5) is 0 Å². The first-order chi connectivity index (χ1) is 7.18. The van der Waals surface area contributed by atoms with Gasteiger partial charge in [0.25, 0.3) is 0 Å². The van der Waals surface area contributed by atoms with Gasteiger partial charge in [0, 0.05) is 0 Å². The number of aromatic carboxylic acids is 1. The topological polar surface area (TPSA) is 68.0 Å². The Hall–Kier alpha value is -2.17. The van der Waals surface area contributed by atoms with Crippen molar-refractivity contribution in [1.29, 1.82) is 0 Å². The maximum absolute atomic E-state index is 10.8. The highest BCUT2D eigenvalue weighted by Gasteiger charge is 2.12. The predicted octanol–water partition coefficient (Wildman–Crippen LogP) is 1.27. The molecule has 0 spiro atoms. The Morgan fingerprint density at radius 3 is 2.60 bits per heavy atom. The lowest BCUT2D eigenvalue weighted by Gasteiger charge is -2.02. The smallest absolute Gasteiger partial charge is 0.356 e. The van der Waals surface area contributed by atoms with Crippen LogP contribution < -0.4 is 0 Å². The van der Waals surface area contributed by atoms with E-state index in [1.807, 2.05) is 19.1 Å². The molecule has 0 saturated heterocycles. The summed E-state index contributed by atoms with van der Waals surface area (Å²) in [5.41, 5.74) is 1.85. The zero-order chi connectivity index (χ0) is 10.8. The van der Waals surface area contributed by atoms with Crippen molar-refractivity contribution in [1.82, 2.24) is 15.0 Å². The number of nitrogens with zero attached hydrogens (tertiary/aromatic N) is 3. The zero-order valence-corrected chi connectivity index (χ0v) is 8.08. The van der Waals surface area contributed by atoms with Gasteiger partial charge in [-0.05, 0) is 19.1 Å². The van der Waals surface area contributed by atoms with Crippen LogP contribution in [-0.2, 0) is 0 Å². The van der Waals surface area contributed by atoms with Crippen LogP contribution in [0, 0.1) is 6.92 Å². The second-order valence-corrected chi connectivity index (χ2v) is 3.17. The van der Waals surface area contributed by atoms with Crippen molar-refractivity contribution >= 4 is 5.97 Å². The van der Waals surface area contributed by atoms with Gasteiger partial charge in [0.1, 0.15) is 0 Å². The number of carbonyl (C=O) groups is 1. The van der Waals surface area contributed by atoms with Gasteiger partial charge in [-0.2, -0.15) is 0 Å². The summed E-state index contributed by atoms with van der Waals surface area (Å²) in [4.78, 5) is 10.8. The molecule has 2 aromatic rings. The van der Waals surface area contributed by atoms with Crippen molar-refractivity contribution in [2.75, 3.05) is 0 Å². The normalized spacial score (nSPS) is 10.2. The van der Waals surface area contributed by atoms with Gasteiger partial charge in [0.15, 0.2) is 5.69 Å². The number of aromatic nitrogens is 3. The van der Waals surface area contributed by atoms with Crippen LogP contribution in [0.3, 0.4) is 0 Å². The van der Waals surface area contributed by atoms with Crippen molar-refractivity contribution in [3.8, 4) is 5.69 Å². The fourth-order valence-electron chi connectivity index (χ4n) is 1.26. The van der Waals surface area contributed by atoms with Crippen molar-refractivity contribution in [2.45, 2.75) is 6.92 Å². The number of hydrogen-bond donors (Lipinski definition) is 1. The van der Waals surface area contributed by atoms with E-state index in [9.17, 15) is 4.79 Å². The Morgan fingerprint density at radius 2 is 2.00 bits per heavy atom. The minimum atomic E-state index is -1.04. The maximum atomic E-state index is 10.8. The van der Waals surface area contributed by atoms with Crippen molar-refractivity contribution in [2.24, 2.45) is 0 Å². The number of carboxylic acid groups (broad SMARTS) is 1. The molecule has 0 atom stereocenters. The van der Waals surface area contributed by atoms with E-state index in [2.05, 4.69) is 10.3 Å². The monoisotopic (exact) mass is 203 g/mol. The summed E-state index contributed by atoms with van der Waals surface area (Å²) >= 11 is 0. The quantitative estimate of drug-likeness (QED) is 0.798. The largest absolute Gasteiger partial charge is 0.476 e. The third-order valence-electron chi connectivity index (χ3n) is 2.05. The number of rotatable bonds is 2. The molecule has 5 nitrogen and oxygen atoms in total. The molecule has 1 N–H and O–H groups in total. The zero-order valence-electron chi connectivity index (χ0n) is 8.08. The van der Waals surface area contributed by atoms with Crippen LogP contribution in [-0.4, -0.2) is 26.1 Å². The molecular weight excluding hydrogens is 194 g/mol. The summed E-state index contributed by atoms with van der Waals surface area (Å²) in [6.07, 6.45) is 1.22. The number of carboxylic acids is 1. The first kappa shape index (κ1) is 9.39. The average molecular weight is 203 g/mol. The third kappa shape index (κ3) is 1.71. The van der Waals surface area contributed by atoms with Gasteiger partial charge in [-0.3, -0.25) is 0 Å². The summed E-state index contributed by atoms with van der Waals surface area (Å²) in [6, 6.07) is 7.39. The minimum absolute atomic E-state index is 0.0545. The first-order valence-corrected chi connectivity index (χ1v) is 4.39. The molecular formula is C10H9N3O2. The summed E-state index contributed by atoms with van der Waals surface area (Å²) < 4.78 is 1.29. The second kappa shape index (κ2) is 3.53. The summed E-state index contributed by atoms with van der Waals surface area (Å²) in [6.45, 7) is 1.96. The molecule has 0 bridgehead atoms. The first-order valence-electron chi connectivity index (χ1n) is 4.39. The number of benzene rings is 1. The van der Waals surface area contributed by atoms with Gasteiger partial charge in [-0.1, -0.05) is 22.9 Å². The molecule has 0 aliphatic carbocycles. The standard InChI is InChI=1S/C10H9N3O2/c1-7-2-4-8(5-3-7)13-9(10(14)15)6-11-12-13/h2-6H,1H3,(H,14,15). The molecule has 76 valence electrons. The van der Waals surface area contributed by atoms with E-state index in [0.29, 0.717) is 5.69 Å². The van der Waals surface area contributed by atoms with E-state index in [1.54, 1.807) is 12.1 Å². The van der Waals surface area contributed by atoms with E-state index in [-0.39, 0.29) is 5.69 Å². The van der Waals surface area contributed by atoms with E-state index in [0.717, 1.165) is 5.56 Å². The molecule has 1 aromatic heterocycles. The average Bonchev–Trinajstić information content (AvgIpc) is 2.67. The van der Waals surface area contributed by atoms with Gasteiger partial charge in [-0.25, -0.2) is 9.48 Å². The summed E-state index contributed by atoms with van der Waals surface area (Å²) in [5.74, 6) is -1.04. The van der Waals surface area contributed by atoms with Crippen LogP contribution in [0.2, 0.25) is 0 Å². The number of hydrogen-bond acceptors (Lipinski definition) is 3. The summed E-state index contributed by atoms with van der Waals surface area (Å²) in [5, 5.41) is 16.2. The van der Waals surface area contributed by atoms with Gasteiger partial charge in [0.05, 0.1) is 11.9 Å². The highest BCUT2D eigenvalue weighted by Crippen LogP contribution is 2.10. The third-order valence-corrected chi connectivity index (χ3v) is 2.05. The molecule has 0 saturated carbocycles. The van der Waals surface area contributed by atoms with Gasteiger partial charge in [0.2, 0.25) is 0 Å². The fraction of sp³-hybridized carbons (Fsp3) is 0.100. The van der Waals surface area contributed by atoms with Gasteiger partial charge < -0.3 is 5.11 Å². The SMILES string of the molecule is Cc1ccc(-n2nncc2C(=O)O)cc1. The molecule has 1 heterocycles. The van der Waals surface area contributed by atoms with E-state index in [1.165, 1.54) is 10.9 Å². The molecule has 0 fully saturated rings. The Labute approximate surface area is 86.0 Å². The Bertz CT molecular complexity index is 488. The lowest BCUT2D eigenvalue weighted by atomic mass is 10.2. The van der Waals surface area contributed by atoms with E-state index in [4.69, 9.17) is 5.11 Å². The predicted molar refractivity (Wildman–Crippen MR) is 53.1 cm³/mol. The lowest BCUT2D eigenvalue weighted by molar-refractivity contribution is 0.0687. The van der Waals surface area contributed by atoms with Crippen LogP contribution >= 0.6 is 0 Å². The van der Waals surface area contributed by atoms with Crippen molar-refractivity contribution in [3.63, 3.8) is 0 Å². The molecule has 1 aromatic carbocycles. The molecule has 0 aliphatic heterocycles. The highest BCUT2D eigenvalue weighted by molar-refractivity contribution is 5.85. The van der Waals surface area contributed by atoms with Crippen molar-refractivity contribution < 1.29 is 9.90 Å². The maximum Gasteiger partial charge on any atom is 0.356 e. The van der Waals surface area contributed by atoms with Crippen LogP contribution in [0.15, 0.2) is 30.5 Å². The molecule has 0 radical (unpaired) electrons. The van der Waals surface area contributed by atoms with Crippen LogP contribution in [0.5, 0.6) is 0 Å². The fourth-order valence-corrected chi connectivity index (χ4v) is 1.26. The van der Waals surface area contributed by atoms with Crippen LogP contribution in [0.1, 0.15) is 16.1 Å². The Morgan fingerprint density at radius 1 is 1.33 bits per heavy atom. The van der Waals surface area contributed by atoms with E-state index >= 15 is 0 Å². The minimum Gasteiger partial charge on any atom is -0.476 e. The Kier molecular flexibility index (Phi) is 2.21. The molecule has 2 rings (SSSR count). The molecule has 5 heteroatoms. The number of aryl methyl sites for hydroxylation is 1. The van der Waals surface area contributed by atoms with Crippen LogP contribution in [0.25, 0.3) is 5.69 Å². The van der Waals surface area contributed by atoms with Gasteiger partial charge >= 0.3 is 5.97 Å².